The molecule has 0 fully saturated rings. The van der Waals surface area contributed by atoms with Crippen molar-refractivity contribution in [1.29, 1.82) is 0 Å². The maximum absolute atomic E-state index is 2.68. The number of anilines is 12. The van der Waals surface area contributed by atoms with E-state index in [0.29, 0.717) is 0 Å². The monoisotopic (exact) mass is 1360 g/mol. The van der Waals surface area contributed by atoms with Gasteiger partial charge in [-0.15, -0.1) is 11.3 Å². The van der Waals surface area contributed by atoms with Gasteiger partial charge in [0.05, 0.1) is 39.6 Å². The molecule has 0 spiro atoms. The molecule has 102 heavy (non-hydrogen) atoms. The van der Waals surface area contributed by atoms with Crippen LogP contribution in [-0.2, 0) is 43.3 Å². The SMILES string of the molecule is CC(C)(C)c1ccc(-c2sc3c(ccc4c3c3c(n4-c4ccc(C(C)(C)C)cc4)N4c5ccc(N(c6ccc(C(C)(C)C)cc6)c6ccc(C(C)(C)C)cc6)cc5N(c5ccc(C(C)(C)C)cc5)c5cc(C(C)(C)C)cc(c54)N3c3ccc(C(C)(C)C)cc3)c2-c2ccc(C(C)(C)C)cc2)cc1. The van der Waals surface area contributed by atoms with E-state index in [4.69, 9.17) is 0 Å². The summed E-state index contributed by atoms with van der Waals surface area (Å²) in [5, 5.41) is 2.46. The lowest BCUT2D eigenvalue weighted by molar-refractivity contribution is 0.589. The van der Waals surface area contributed by atoms with E-state index in [1.54, 1.807) is 0 Å². The second-order valence-corrected chi connectivity index (χ2v) is 38.4. The number of nitrogens with zero attached hydrogens (tertiary/aromatic N) is 5. The topological polar surface area (TPSA) is 17.9 Å². The second kappa shape index (κ2) is 24.3. The largest absolute Gasteiger partial charge is 0.310 e. The van der Waals surface area contributed by atoms with Crippen molar-refractivity contribution in [2.45, 2.75) is 209 Å². The van der Waals surface area contributed by atoms with Crippen molar-refractivity contribution in [2.75, 3.05) is 19.6 Å². The fourth-order valence-electron chi connectivity index (χ4n) is 15.1. The molecule has 14 rings (SSSR count). The van der Waals surface area contributed by atoms with Gasteiger partial charge in [-0.1, -0.05) is 281 Å². The molecule has 0 unspecified atom stereocenters. The van der Waals surface area contributed by atoms with Crippen molar-refractivity contribution < 1.29 is 0 Å². The molecule has 10 aromatic carbocycles. The van der Waals surface area contributed by atoms with Gasteiger partial charge in [0.15, 0.2) is 0 Å². The molecule has 0 N–H and O–H groups in total. The van der Waals surface area contributed by atoms with Crippen molar-refractivity contribution in [2.24, 2.45) is 0 Å². The predicted molar refractivity (Wildman–Crippen MR) is 445 cm³/mol. The quantitative estimate of drug-likeness (QED) is 0.151. The molecule has 0 bridgehead atoms. The predicted octanol–water partition coefficient (Wildman–Crippen LogP) is 29.1. The molecule has 5 nitrogen and oxygen atoms in total. The standard InChI is InChI=1S/C96H107N5S/c1-89(2,3)62-29-25-60(26-30-62)82-76-54-56-78-83(87(76)102-86(82)61-27-31-63(32-28-61)90(4,5)6)85-88(100(78)74-51-41-68(42-52-74)95(19,20)21)101-77-55-53-75(97(70-43-33-64(34-44-70)91(7,8)9)71-45-35-65(36-46-71)92(10,11)12)59-79(77)98(72-47-37-66(38-48-72)93(13,14)15)80-57-69(96(22,23)24)58-81(84(80)101)99(85)73-49-39-67(40-50-73)94(16,17)18/h25-59H,1-24H3. The van der Waals surface area contributed by atoms with Gasteiger partial charge >= 0.3 is 0 Å². The summed E-state index contributed by atoms with van der Waals surface area (Å²) >= 11 is 1.95. The fraction of sp³-hybridized carbons (Fsp3) is 0.333. The average Bonchev–Trinajstić information content (AvgIpc) is 1.42. The van der Waals surface area contributed by atoms with Crippen LogP contribution in [0.4, 0.5) is 68.4 Å². The highest BCUT2D eigenvalue weighted by atomic mass is 32.1. The average molecular weight is 1360 g/mol. The van der Waals surface area contributed by atoms with E-state index in [9.17, 15) is 0 Å². The van der Waals surface area contributed by atoms with E-state index in [1.807, 2.05) is 11.3 Å². The van der Waals surface area contributed by atoms with Crippen LogP contribution in [0.15, 0.2) is 212 Å². The molecule has 0 saturated heterocycles. The second-order valence-electron chi connectivity index (χ2n) is 37.4. The van der Waals surface area contributed by atoms with Crippen molar-refractivity contribution >= 4 is 101 Å². The van der Waals surface area contributed by atoms with E-state index in [0.717, 1.165) is 79.6 Å². The van der Waals surface area contributed by atoms with Gasteiger partial charge in [0.2, 0.25) is 0 Å². The molecule has 6 heteroatoms. The Bertz CT molecular complexity index is 5100. The zero-order chi connectivity index (χ0) is 73.1. The molecule has 2 aliphatic rings. The third kappa shape index (κ3) is 12.5. The van der Waals surface area contributed by atoms with Gasteiger partial charge in [0, 0.05) is 60.0 Å². The minimum absolute atomic E-state index is 0.000238. The third-order valence-corrected chi connectivity index (χ3v) is 22.8. The summed E-state index contributed by atoms with van der Waals surface area (Å²) in [4.78, 5) is 11.7. The summed E-state index contributed by atoms with van der Waals surface area (Å²) in [7, 11) is 0. The van der Waals surface area contributed by atoms with Crippen LogP contribution in [0.5, 0.6) is 0 Å². The van der Waals surface area contributed by atoms with Gasteiger partial charge in [-0.05, 0) is 196 Å². The molecule has 0 aliphatic carbocycles. The molecule has 12 aromatic rings. The number of benzene rings is 10. The lowest BCUT2D eigenvalue weighted by Gasteiger charge is -2.47. The van der Waals surface area contributed by atoms with Crippen molar-refractivity contribution in [3.05, 3.63) is 257 Å². The maximum atomic E-state index is 2.68. The Kier molecular flexibility index (Phi) is 16.6. The number of thiophene rings is 1. The molecule has 0 atom stereocenters. The highest BCUT2D eigenvalue weighted by molar-refractivity contribution is 7.24. The molecule has 0 saturated carbocycles. The smallest absolute Gasteiger partial charge is 0.148 e. The van der Waals surface area contributed by atoms with E-state index >= 15 is 0 Å². The molecular formula is C96H107N5S. The summed E-state index contributed by atoms with van der Waals surface area (Å²) in [5.41, 5.74) is 28.0. The number of hydrogen-bond acceptors (Lipinski definition) is 5. The minimum atomic E-state index is -0.268. The molecule has 2 aliphatic heterocycles. The van der Waals surface area contributed by atoms with Crippen molar-refractivity contribution in [1.82, 2.24) is 4.57 Å². The summed E-state index contributed by atoms with van der Waals surface area (Å²) in [5.74, 6) is 1.09. The number of hydrogen-bond donors (Lipinski definition) is 0. The molecule has 2 aromatic heterocycles. The van der Waals surface area contributed by atoms with Crippen LogP contribution in [0.3, 0.4) is 0 Å². The summed E-state index contributed by atoms with van der Waals surface area (Å²) in [6.07, 6.45) is 0. The Morgan fingerprint density at radius 3 is 1.04 bits per heavy atom. The number of fused-ring (bicyclic) bond motifs is 8. The Morgan fingerprint density at radius 1 is 0.275 bits per heavy atom. The van der Waals surface area contributed by atoms with Crippen LogP contribution >= 0.6 is 11.3 Å². The Balaban J connectivity index is 1.16. The minimum Gasteiger partial charge on any atom is -0.310 e. The van der Waals surface area contributed by atoms with Gasteiger partial charge in [0.25, 0.3) is 0 Å². The van der Waals surface area contributed by atoms with Gasteiger partial charge in [0.1, 0.15) is 5.82 Å². The maximum Gasteiger partial charge on any atom is 0.148 e. The van der Waals surface area contributed by atoms with E-state index in [1.165, 1.54) is 81.5 Å². The van der Waals surface area contributed by atoms with Crippen molar-refractivity contribution in [3.63, 3.8) is 0 Å². The van der Waals surface area contributed by atoms with Crippen LogP contribution in [0, 0.1) is 0 Å². The lowest BCUT2D eigenvalue weighted by atomic mass is 9.84. The Morgan fingerprint density at radius 2 is 0.627 bits per heavy atom. The molecule has 522 valence electrons. The van der Waals surface area contributed by atoms with Gasteiger partial charge in [-0.25, -0.2) is 0 Å². The van der Waals surface area contributed by atoms with E-state index < -0.39 is 0 Å². The first-order chi connectivity index (χ1) is 47.6. The first kappa shape index (κ1) is 70.0. The third-order valence-electron chi connectivity index (χ3n) is 21.5. The van der Waals surface area contributed by atoms with E-state index in [2.05, 4.69) is 403 Å². The molecular weight excluding hydrogens is 1260 g/mol. The zero-order valence-electron chi connectivity index (χ0n) is 65.4. The van der Waals surface area contributed by atoms with Crippen LogP contribution in [-0.4, -0.2) is 4.57 Å². The normalized spacial score (nSPS) is 13.8. The lowest BCUT2D eigenvalue weighted by Crippen LogP contribution is -2.32. The summed E-state index contributed by atoms with van der Waals surface area (Å²) in [6, 6.07) is 83.4. The zero-order valence-corrected chi connectivity index (χ0v) is 66.2. The van der Waals surface area contributed by atoms with Gasteiger partial charge < -0.3 is 14.7 Å². The van der Waals surface area contributed by atoms with Crippen LogP contribution < -0.4 is 19.6 Å². The van der Waals surface area contributed by atoms with Gasteiger partial charge in [-0.3, -0.25) is 9.47 Å². The van der Waals surface area contributed by atoms with Crippen LogP contribution in [0.25, 0.3) is 48.2 Å². The van der Waals surface area contributed by atoms with Crippen molar-refractivity contribution in [3.8, 4) is 27.3 Å². The highest BCUT2D eigenvalue weighted by Gasteiger charge is 2.45. The first-order valence-electron chi connectivity index (χ1n) is 37.1. The summed E-state index contributed by atoms with van der Waals surface area (Å²) < 4.78 is 3.88. The number of rotatable bonds is 8. The van der Waals surface area contributed by atoms with E-state index in [-0.39, 0.29) is 43.3 Å². The summed E-state index contributed by atoms with van der Waals surface area (Å²) in [6.45, 7) is 55.7. The molecule has 0 radical (unpaired) electrons. The van der Waals surface area contributed by atoms with Crippen LogP contribution in [0.2, 0.25) is 0 Å². The first-order valence-corrected chi connectivity index (χ1v) is 37.9. The van der Waals surface area contributed by atoms with Gasteiger partial charge in [-0.2, -0.15) is 0 Å². The fourth-order valence-corrected chi connectivity index (χ4v) is 16.5. The molecule has 4 heterocycles. The highest BCUT2D eigenvalue weighted by Crippen LogP contribution is 2.68. The Hall–Kier alpha value is -9.10. The molecule has 0 amide bonds. The number of aromatic nitrogens is 1. The van der Waals surface area contributed by atoms with Crippen LogP contribution in [0.1, 0.15) is 211 Å². The Labute approximate surface area is 614 Å².